The second-order valence-electron chi connectivity index (χ2n) is 8.00. The van der Waals surface area contributed by atoms with E-state index in [0.717, 1.165) is 22.4 Å². The summed E-state index contributed by atoms with van der Waals surface area (Å²) in [6.45, 7) is 7.66. The van der Waals surface area contributed by atoms with Crippen molar-refractivity contribution in [2.24, 2.45) is 0 Å². The summed E-state index contributed by atoms with van der Waals surface area (Å²) in [5.41, 5.74) is 5.20. The Morgan fingerprint density at radius 1 is 1.14 bits per heavy atom. The largest absolute Gasteiger partial charge is 0.443 e. The molecule has 5 N–H and O–H groups in total. The van der Waals surface area contributed by atoms with Gasteiger partial charge >= 0.3 is 0 Å². The van der Waals surface area contributed by atoms with Gasteiger partial charge in [0.15, 0.2) is 0 Å². The molecular weight excluding hydrogens is 376 g/mol. The molecule has 5 atom stereocenters. The quantitative estimate of drug-likeness (QED) is 0.483. The van der Waals surface area contributed by atoms with Crippen LogP contribution in [0.5, 0.6) is 5.88 Å². The molecular formula is C21H30N2O6. The van der Waals surface area contributed by atoms with Gasteiger partial charge < -0.3 is 29.9 Å². The summed E-state index contributed by atoms with van der Waals surface area (Å²) in [4.78, 5) is 0. The summed E-state index contributed by atoms with van der Waals surface area (Å²) in [7, 11) is 0. The molecule has 0 amide bonds. The van der Waals surface area contributed by atoms with E-state index in [0.29, 0.717) is 6.42 Å². The number of aryl methyl sites for hydroxylation is 2. The average molecular weight is 406 g/mol. The third-order valence-corrected chi connectivity index (χ3v) is 5.38. The SMILES string of the molecule is Cc1ccc(Cc2c(O[C@@H]3O[C@H](CO)[C@@H](O)[C@H](O)[C@H]3O)n[nH]c2C(C)C)c(C)c1. The summed E-state index contributed by atoms with van der Waals surface area (Å²) in [5.74, 6) is 0.424. The summed E-state index contributed by atoms with van der Waals surface area (Å²) in [5, 5.41) is 46.9. The van der Waals surface area contributed by atoms with E-state index in [1.807, 2.05) is 20.8 Å². The van der Waals surface area contributed by atoms with Gasteiger partial charge in [0.2, 0.25) is 12.2 Å². The van der Waals surface area contributed by atoms with E-state index in [9.17, 15) is 20.4 Å². The Morgan fingerprint density at radius 2 is 1.86 bits per heavy atom. The number of aromatic amines is 1. The maximum Gasteiger partial charge on any atom is 0.238 e. The number of H-pyrrole nitrogens is 1. The number of nitrogens with one attached hydrogen (secondary N) is 1. The van der Waals surface area contributed by atoms with Crippen molar-refractivity contribution in [2.45, 2.75) is 70.7 Å². The van der Waals surface area contributed by atoms with Crippen LogP contribution in [0.4, 0.5) is 0 Å². The lowest BCUT2D eigenvalue weighted by Gasteiger charge is -2.39. The first-order valence-electron chi connectivity index (χ1n) is 9.83. The molecule has 0 spiro atoms. The Hall–Kier alpha value is -1.97. The lowest BCUT2D eigenvalue weighted by Crippen LogP contribution is -2.60. The molecule has 2 heterocycles. The highest BCUT2D eigenvalue weighted by atomic mass is 16.7. The molecule has 1 saturated heterocycles. The molecule has 2 aromatic rings. The van der Waals surface area contributed by atoms with Crippen LogP contribution in [0.1, 0.15) is 47.7 Å². The second kappa shape index (κ2) is 8.81. The van der Waals surface area contributed by atoms with Gasteiger partial charge in [0.05, 0.1) is 6.61 Å². The minimum atomic E-state index is -1.50. The predicted octanol–water partition coefficient (Wildman–Crippen LogP) is 0.919. The van der Waals surface area contributed by atoms with Crippen LogP contribution in [0.15, 0.2) is 18.2 Å². The van der Waals surface area contributed by atoms with E-state index in [1.165, 1.54) is 5.56 Å². The van der Waals surface area contributed by atoms with Crippen molar-refractivity contribution in [1.82, 2.24) is 10.2 Å². The molecule has 0 radical (unpaired) electrons. The van der Waals surface area contributed by atoms with Crippen molar-refractivity contribution in [3.05, 3.63) is 46.1 Å². The first-order chi connectivity index (χ1) is 13.7. The molecule has 3 rings (SSSR count). The van der Waals surface area contributed by atoms with Crippen molar-refractivity contribution in [2.75, 3.05) is 6.61 Å². The van der Waals surface area contributed by atoms with Crippen LogP contribution in [0.25, 0.3) is 0 Å². The molecule has 8 nitrogen and oxygen atoms in total. The van der Waals surface area contributed by atoms with Gasteiger partial charge in [0, 0.05) is 17.7 Å². The zero-order chi connectivity index (χ0) is 21.3. The van der Waals surface area contributed by atoms with E-state index in [2.05, 4.69) is 35.3 Å². The van der Waals surface area contributed by atoms with Crippen molar-refractivity contribution in [3.63, 3.8) is 0 Å². The number of aliphatic hydroxyl groups excluding tert-OH is 4. The van der Waals surface area contributed by atoms with E-state index in [-0.39, 0.29) is 11.8 Å². The lowest BCUT2D eigenvalue weighted by atomic mass is 9.96. The summed E-state index contributed by atoms with van der Waals surface area (Å²) < 4.78 is 11.3. The molecule has 0 saturated carbocycles. The number of rotatable bonds is 6. The Morgan fingerprint density at radius 3 is 2.48 bits per heavy atom. The van der Waals surface area contributed by atoms with Gasteiger partial charge in [-0.05, 0) is 30.9 Å². The van der Waals surface area contributed by atoms with Gasteiger partial charge in [0.25, 0.3) is 0 Å². The number of hydrogen-bond donors (Lipinski definition) is 5. The Bertz CT molecular complexity index is 835. The van der Waals surface area contributed by atoms with Crippen LogP contribution >= 0.6 is 0 Å². The van der Waals surface area contributed by atoms with Crippen LogP contribution in [-0.4, -0.2) is 67.9 Å². The number of nitrogens with zero attached hydrogens (tertiary/aromatic N) is 1. The molecule has 0 aliphatic carbocycles. The summed E-state index contributed by atoms with van der Waals surface area (Å²) >= 11 is 0. The van der Waals surface area contributed by atoms with Crippen LogP contribution in [0.3, 0.4) is 0 Å². The number of hydrogen-bond acceptors (Lipinski definition) is 7. The molecule has 1 aromatic heterocycles. The zero-order valence-corrected chi connectivity index (χ0v) is 17.2. The zero-order valence-electron chi connectivity index (χ0n) is 17.2. The molecule has 29 heavy (non-hydrogen) atoms. The maximum atomic E-state index is 10.3. The highest BCUT2D eigenvalue weighted by Gasteiger charge is 2.45. The normalized spacial score (nSPS) is 27.4. The fourth-order valence-electron chi connectivity index (χ4n) is 3.62. The molecule has 1 fully saturated rings. The van der Waals surface area contributed by atoms with E-state index in [1.54, 1.807) is 0 Å². The van der Waals surface area contributed by atoms with Crippen LogP contribution in [-0.2, 0) is 11.2 Å². The molecule has 0 unspecified atom stereocenters. The highest BCUT2D eigenvalue weighted by Crippen LogP contribution is 2.31. The summed E-state index contributed by atoms with van der Waals surface area (Å²) in [6.07, 6.45) is -6.16. The molecule has 1 aliphatic heterocycles. The van der Waals surface area contributed by atoms with Crippen LogP contribution < -0.4 is 4.74 Å². The van der Waals surface area contributed by atoms with Crippen LogP contribution in [0, 0.1) is 13.8 Å². The second-order valence-corrected chi connectivity index (χ2v) is 8.00. The van der Waals surface area contributed by atoms with Gasteiger partial charge in [-0.1, -0.05) is 37.6 Å². The average Bonchev–Trinajstić information content (AvgIpc) is 3.07. The first kappa shape index (κ1) is 21.7. The van der Waals surface area contributed by atoms with Gasteiger partial charge in [-0.25, -0.2) is 0 Å². The Balaban J connectivity index is 1.90. The Kier molecular flexibility index (Phi) is 6.60. The van der Waals surface area contributed by atoms with Crippen molar-refractivity contribution < 1.29 is 29.9 Å². The van der Waals surface area contributed by atoms with Gasteiger partial charge in [-0.2, -0.15) is 0 Å². The molecule has 1 aliphatic rings. The van der Waals surface area contributed by atoms with E-state index < -0.39 is 37.3 Å². The van der Waals surface area contributed by atoms with Gasteiger partial charge in [-0.3, -0.25) is 5.10 Å². The first-order valence-corrected chi connectivity index (χ1v) is 9.83. The number of benzene rings is 1. The molecule has 0 bridgehead atoms. The Labute approximate surface area is 170 Å². The minimum Gasteiger partial charge on any atom is -0.443 e. The predicted molar refractivity (Wildman–Crippen MR) is 106 cm³/mol. The standard InChI is InChI=1S/C21H30N2O6/c1-10(2)16-14(8-13-6-5-11(3)7-12(13)4)20(23-22-16)29-21-19(27)18(26)17(25)15(9-24)28-21/h5-7,10,15,17-19,21,24-27H,8-9H2,1-4H3,(H,22,23)/t15-,17-,18+,19-,21+/m1/s1. The third kappa shape index (κ3) is 4.46. The summed E-state index contributed by atoms with van der Waals surface area (Å²) in [6, 6.07) is 6.23. The lowest BCUT2D eigenvalue weighted by molar-refractivity contribution is -0.278. The molecule has 8 heteroatoms. The molecule has 1 aromatic carbocycles. The van der Waals surface area contributed by atoms with Gasteiger partial charge in [0.1, 0.15) is 24.4 Å². The van der Waals surface area contributed by atoms with E-state index in [4.69, 9.17) is 9.47 Å². The van der Waals surface area contributed by atoms with Crippen LogP contribution in [0.2, 0.25) is 0 Å². The fraction of sp³-hybridized carbons (Fsp3) is 0.571. The number of aliphatic hydroxyl groups is 4. The monoisotopic (exact) mass is 406 g/mol. The smallest absolute Gasteiger partial charge is 0.238 e. The van der Waals surface area contributed by atoms with E-state index >= 15 is 0 Å². The fourth-order valence-corrected chi connectivity index (χ4v) is 3.62. The number of aromatic nitrogens is 2. The van der Waals surface area contributed by atoms with Crippen molar-refractivity contribution >= 4 is 0 Å². The topological polar surface area (TPSA) is 128 Å². The highest BCUT2D eigenvalue weighted by molar-refractivity contribution is 5.41. The van der Waals surface area contributed by atoms with Crippen molar-refractivity contribution in [3.8, 4) is 5.88 Å². The number of ether oxygens (including phenoxy) is 2. The molecule has 160 valence electrons. The van der Waals surface area contributed by atoms with Gasteiger partial charge in [-0.15, -0.1) is 5.10 Å². The minimum absolute atomic E-state index is 0.162. The van der Waals surface area contributed by atoms with Crippen molar-refractivity contribution in [1.29, 1.82) is 0 Å². The third-order valence-electron chi connectivity index (χ3n) is 5.38. The maximum absolute atomic E-state index is 10.3.